The van der Waals surface area contributed by atoms with Gasteiger partial charge in [-0.15, -0.1) is 0 Å². The van der Waals surface area contributed by atoms with Crippen LogP contribution in [-0.2, 0) is 14.3 Å². The van der Waals surface area contributed by atoms with E-state index in [-0.39, 0.29) is 28.6 Å². The highest BCUT2D eigenvalue weighted by Gasteiger charge is 2.65. The average Bonchev–Trinajstić information content (AvgIpc) is 3.07. The lowest BCUT2D eigenvalue weighted by atomic mass is 9.38. The van der Waals surface area contributed by atoms with Crippen molar-refractivity contribution in [1.82, 2.24) is 0 Å². The largest absolute Gasteiger partial charge is 0.393 e. The Morgan fingerprint density at radius 2 is 1.85 bits per heavy atom. The Labute approximate surface area is 162 Å². The zero-order valence-corrected chi connectivity index (χ0v) is 17.0. The molecule has 0 radical (unpaired) electrons. The van der Waals surface area contributed by atoms with E-state index in [4.69, 9.17) is 9.47 Å². The number of hydrogen-bond donors (Lipinski definition) is 1. The molecule has 4 fully saturated rings. The fourth-order valence-electron chi connectivity index (χ4n) is 7.61. The molecule has 1 saturated heterocycles. The third-order valence-corrected chi connectivity index (χ3v) is 9.40. The van der Waals surface area contributed by atoms with Crippen molar-refractivity contribution in [3.63, 3.8) is 0 Å². The first-order valence-corrected chi connectivity index (χ1v) is 11.0. The number of Topliss-reactive ketones (excluding diaryl/α,β-unsaturated/α-hetero) is 1. The van der Waals surface area contributed by atoms with Crippen LogP contribution in [0.2, 0.25) is 0 Å². The zero-order chi connectivity index (χ0) is 19.0. The molecule has 4 aliphatic carbocycles. The van der Waals surface area contributed by atoms with E-state index in [2.05, 4.69) is 19.9 Å². The highest BCUT2D eigenvalue weighted by atomic mass is 16.7. The maximum atomic E-state index is 13.2. The monoisotopic (exact) mass is 374 g/mol. The van der Waals surface area contributed by atoms with Gasteiger partial charge in [0.1, 0.15) is 0 Å². The van der Waals surface area contributed by atoms with E-state index in [0.29, 0.717) is 31.0 Å². The van der Waals surface area contributed by atoms with Gasteiger partial charge in [-0.25, -0.2) is 0 Å². The predicted molar refractivity (Wildman–Crippen MR) is 102 cm³/mol. The van der Waals surface area contributed by atoms with Gasteiger partial charge in [0.05, 0.1) is 19.3 Å². The normalized spacial score (nSPS) is 50.7. The van der Waals surface area contributed by atoms with Crippen molar-refractivity contribution in [1.29, 1.82) is 0 Å². The second kappa shape index (κ2) is 5.90. The summed E-state index contributed by atoms with van der Waals surface area (Å²) in [5, 5.41) is 10.1. The molecule has 0 aromatic rings. The van der Waals surface area contributed by atoms with E-state index >= 15 is 0 Å². The maximum absolute atomic E-state index is 13.2. The number of carbonyl (C=O) groups excluding carboxylic acids is 1. The number of aliphatic hydroxyl groups is 1. The first-order valence-electron chi connectivity index (χ1n) is 11.0. The summed E-state index contributed by atoms with van der Waals surface area (Å²) in [4.78, 5) is 13.2. The standard InChI is InChI=1S/C23H34O4/c1-21-8-6-15(24)12-14(21)4-5-16-17(21)7-9-22(2)18(16)13-19(22)20(25)23(3)26-10-11-27-23/h4,15-19,24H,5-13H2,1-3H3/t15-,16+,17-,18-,19+,21-,22-/m0/s1. The molecule has 7 atom stereocenters. The van der Waals surface area contributed by atoms with Crippen molar-refractivity contribution in [3.05, 3.63) is 11.6 Å². The molecule has 1 heterocycles. The van der Waals surface area contributed by atoms with E-state index in [1.54, 1.807) is 0 Å². The van der Waals surface area contributed by atoms with E-state index in [1.807, 2.05) is 6.92 Å². The maximum Gasteiger partial charge on any atom is 0.226 e. The number of carbonyl (C=O) groups is 1. The van der Waals surface area contributed by atoms with Crippen LogP contribution < -0.4 is 0 Å². The van der Waals surface area contributed by atoms with Gasteiger partial charge in [0.2, 0.25) is 5.79 Å². The molecule has 0 spiro atoms. The molecule has 0 aromatic carbocycles. The van der Waals surface area contributed by atoms with E-state index in [9.17, 15) is 9.90 Å². The SMILES string of the molecule is CC1(C(=O)[C@H]2C[C@H]3[C@@H]4CC=C5C[C@@H](O)CC[C@]5(C)[C@H]4CC[C@]23C)OCCO1. The molecule has 5 aliphatic rings. The first kappa shape index (κ1) is 18.3. The van der Waals surface area contributed by atoms with Crippen molar-refractivity contribution >= 4 is 5.78 Å². The lowest BCUT2D eigenvalue weighted by molar-refractivity contribution is -0.206. The number of fused-ring (bicyclic) bond motifs is 5. The predicted octanol–water partition coefficient (Wildman–Crippen LogP) is 3.87. The quantitative estimate of drug-likeness (QED) is 0.746. The van der Waals surface area contributed by atoms with Crippen LogP contribution in [0.1, 0.15) is 65.7 Å². The van der Waals surface area contributed by atoms with Crippen LogP contribution in [0.15, 0.2) is 11.6 Å². The molecule has 0 bridgehead atoms. The van der Waals surface area contributed by atoms with Gasteiger partial charge in [0.15, 0.2) is 5.78 Å². The van der Waals surface area contributed by atoms with Gasteiger partial charge in [-0.2, -0.15) is 0 Å². The number of ether oxygens (including phenoxy) is 2. The minimum Gasteiger partial charge on any atom is -0.393 e. The highest BCUT2D eigenvalue weighted by Crippen LogP contribution is 2.69. The summed E-state index contributed by atoms with van der Waals surface area (Å²) in [7, 11) is 0. The lowest BCUT2D eigenvalue weighted by Crippen LogP contribution is -2.62. The summed E-state index contributed by atoms with van der Waals surface area (Å²) in [5.74, 6) is 1.29. The van der Waals surface area contributed by atoms with Crippen LogP contribution in [0.25, 0.3) is 0 Å². The summed E-state index contributed by atoms with van der Waals surface area (Å²) in [6, 6.07) is 0. The number of allylic oxidation sites excluding steroid dienone is 1. The van der Waals surface area contributed by atoms with Crippen molar-refractivity contribution in [2.24, 2.45) is 34.5 Å². The average molecular weight is 375 g/mol. The van der Waals surface area contributed by atoms with Gasteiger partial charge in [-0.05, 0) is 80.5 Å². The molecular formula is C23H34O4. The Bertz CT molecular complexity index is 678. The molecule has 3 saturated carbocycles. The molecule has 27 heavy (non-hydrogen) atoms. The van der Waals surface area contributed by atoms with E-state index in [1.165, 1.54) is 12.0 Å². The second-order valence-corrected chi connectivity index (χ2v) is 10.5. The zero-order valence-electron chi connectivity index (χ0n) is 17.0. The smallest absolute Gasteiger partial charge is 0.226 e. The minimum absolute atomic E-state index is 0.0814. The number of aliphatic hydroxyl groups excluding tert-OH is 1. The van der Waals surface area contributed by atoms with Crippen molar-refractivity contribution in [2.45, 2.75) is 77.6 Å². The van der Waals surface area contributed by atoms with Crippen LogP contribution >= 0.6 is 0 Å². The van der Waals surface area contributed by atoms with Crippen LogP contribution in [0.3, 0.4) is 0 Å². The molecule has 0 aromatic heterocycles. The van der Waals surface area contributed by atoms with Gasteiger partial charge in [0, 0.05) is 5.92 Å². The molecule has 1 N–H and O–H groups in total. The molecule has 150 valence electrons. The van der Waals surface area contributed by atoms with Crippen LogP contribution in [0.4, 0.5) is 0 Å². The van der Waals surface area contributed by atoms with Gasteiger partial charge >= 0.3 is 0 Å². The molecule has 5 rings (SSSR count). The fourth-order valence-corrected chi connectivity index (χ4v) is 7.61. The molecule has 1 aliphatic heterocycles. The van der Waals surface area contributed by atoms with Crippen LogP contribution in [-0.4, -0.2) is 36.0 Å². The van der Waals surface area contributed by atoms with Crippen molar-refractivity contribution in [3.8, 4) is 0 Å². The first-order chi connectivity index (χ1) is 12.8. The molecule has 0 amide bonds. The summed E-state index contributed by atoms with van der Waals surface area (Å²) in [6.07, 6.45) is 9.71. The Kier molecular flexibility index (Phi) is 4.00. The summed E-state index contributed by atoms with van der Waals surface area (Å²) < 4.78 is 11.4. The molecule has 0 unspecified atom stereocenters. The molecule has 4 nitrogen and oxygen atoms in total. The minimum atomic E-state index is -1.01. The van der Waals surface area contributed by atoms with E-state index < -0.39 is 5.79 Å². The number of ketones is 1. The fraction of sp³-hybridized carbons (Fsp3) is 0.870. The van der Waals surface area contributed by atoms with E-state index in [0.717, 1.165) is 38.5 Å². The lowest BCUT2D eigenvalue weighted by Gasteiger charge is -2.65. The van der Waals surface area contributed by atoms with Crippen molar-refractivity contribution in [2.75, 3.05) is 13.2 Å². The van der Waals surface area contributed by atoms with Gasteiger partial charge in [0.25, 0.3) is 0 Å². The van der Waals surface area contributed by atoms with Crippen LogP contribution in [0.5, 0.6) is 0 Å². The topological polar surface area (TPSA) is 55.8 Å². The Morgan fingerprint density at radius 1 is 1.11 bits per heavy atom. The highest BCUT2D eigenvalue weighted by molar-refractivity contribution is 5.89. The molecule has 4 heteroatoms. The van der Waals surface area contributed by atoms with Crippen LogP contribution in [0, 0.1) is 34.5 Å². The number of hydrogen-bond acceptors (Lipinski definition) is 4. The van der Waals surface area contributed by atoms with Crippen molar-refractivity contribution < 1.29 is 19.4 Å². The second-order valence-electron chi connectivity index (χ2n) is 10.5. The third-order valence-electron chi connectivity index (χ3n) is 9.40. The van der Waals surface area contributed by atoms with Gasteiger partial charge < -0.3 is 14.6 Å². The Morgan fingerprint density at radius 3 is 2.59 bits per heavy atom. The van der Waals surface area contributed by atoms with Gasteiger partial charge in [-0.1, -0.05) is 25.5 Å². The molecular weight excluding hydrogens is 340 g/mol. The summed E-state index contributed by atoms with van der Waals surface area (Å²) in [5.41, 5.74) is 1.88. The Balaban J connectivity index is 1.38. The number of rotatable bonds is 2. The Hall–Kier alpha value is -0.710. The third kappa shape index (κ3) is 2.42. The van der Waals surface area contributed by atoms with Gasteiger partial charge in [-0.3, -0.25) is 4.79 Å². The summed E-state index contributed by atoms with van der Waals surface area (Å²) >= 11 is 0. The summed E-state index contributed by atoms with van der Waals surface area (Å²) in [6.45, 7) is 7.67.